The largest absolute Gasteiger partial charge is 0.497 e. The molecule has 0 unspecified atom stereocenters. The maximum Gasteiger partial charge on any atom is 0.325 e. The Morgan fingerprint density at radius 1 is 1.31 bits per heavy atom. The molecule has 0 radical (unpaired) electrons. The van der Waals surface area contributed by atoms with Crippen LogP contribution in [0.1, 0.15) is 24.8 Å². The highest BCUT2D eigenvalue weighted by Gasteiger charge is 2.55. The van der Waals surface area contributed by atoms with Crippen molar-refractivity contribution in [3.8, 4) is 5.75 Å². The molecule has 0 aliphatic carbocycles. The van der Waals surface area contributed by atoms with Crippen LogP contribution in [-0.4, -0.2) is 60.8 Å². The van der Waals surface area contributed by atoms with Crippen molar-refractivity contribution in [1.29, 1.82) is 0 Å². The Morgan fingerprint density at radius 3 is 2.77 bits per heavy atom. The van der Waals surface area contributed by atoms with E-state index >= 15 is 0 Å². The summed E-state index contributed by atoms with van der Waals surface area (Å²) in [6.07, 6.45) is 2.50. The average molecular weight is 361 g/mol. The average Bonchev–Trinajstić information content (AvgIpc) is 2.91. The minimum Gasteiger partial charge on any atom is -0.497 e. The summed E-state index contributed by atoms with van der Waals surface area (Å²) in [5.74, 6) is 0.632. The number of methoxy groups -OCH3 is 1. The first kappa shape index (κ1) is 18.7. The summed E-state index contributed by atoms with van der Waals surface area (Å²) >= 11 is 0. The topological polar surface area (TPSA) is 90.9 Å². The molecule has 2 heterocycles. The number of benzene rings is 1. The highest BCUT2D eigenvalue weighted by atomic mass is 16.5. The first-order valence-corrected chi connectivity index (χ1v) is 9.19. The Balaban J connectivity index is 1.92. The molecule has 2 aliphatic rings. The zero-order valence-electron chi connectivity index (χ0n) is 15.2. The second-order valence-corrected chi connectivity index (χ2v) is 6.99. The zero-order valence-corrected chi connectivity index (χ0v) is 15.2. The smallest absolute Gasteiger partial charge is 0.325 e. The number of nitrogens with one attached hydrogen (secondary N) is 2. The lowest BCUT2D eigenvalue weighted by Crippen LogP contribution is -2.57. The van der Waals surface area contributed by atoms with E-state index in [1.165, 1.54) is 4.90 Å². The van der Waals surface area contributed by atoms with Gasteiger partial charge >= 0.3 is 6.03 Å². The van der Waals surface area contributed by atoms with Crippen molar-refractivity contribution < 1.29 is 19.4 Å². The van der Waals surface area contributed by atoms with E-state index < -0.39 is 5.54 Å². The normalized spacial score (nSPS) is 24.0. The first-order chi connectivity index (χ1) is 12.6. The third-order valence-corrected chi connectivity index (χ3v) is 5.39. The maximum atomic E-state index is 13.3. The van der Waals surface area contributed by atoms with Crippen molar-refractivity contribution in [2.45, 2.75) is 31.2 Å². The van der Waals surface area contributed by atoms with Gasteiger partial charge in [0.05, 0.1) is 7.11 Å². The molecule has 7 heteroatoms. The molecule has 2 aliphatic heterocycles. The molecule has 26 heavy (non-hydrogen) atoms. The van der Waals surface area contributed by atoms with Crippen LogP contribution in [0.15, 0.2) is 24.3 Å². The number of carbonyl (C=O) groups excluding carboxylic acids is 2. The fourth-order valence-electron chi connectivity index (χ4n) is 4.04. The molecule has 7 nitrogen and oxygen atoms in total. The van der Waals surface area contributed by atoms with Gasteiger partial charge in [0.25, 0.3) is 5.91 Å². The predicted octanol–water partition coefficient (Wildman–Crippen LogP) is 0.910. The van der Waals surface area contributed by atoms with E-state index in [2.05, 4.69) is 10.6 Å². The molecule has 0 spiro atoms. The van der Waals surface area contributed by atoms with Crippen molar-refractivity contribution in [2.24, 2.45) is 5.92 Å². The quantitative estimate of drug-likeness (QED) is 0.628. The number of rotatable bonds is 7. The number of carbonyl (C=O) groups is 2. The number of imide groups is 1. The molecule has 3 amide bonds. The molecule has 0 saturated carbocycles. The Hall–Kier alpha value is -2.12. The number of ether oxygens (including phenoxy) is 1. The summed E-state index contributed by atoms with van der Waals surface area (Å²) in [7, 11) is 1.61. The minimum atomic E-state index is -0.930. The van der Waals surface area contributed by atoms with E-state index in [9.17, 15) is 9.59 Å². The highest BCUT2D eigenvalue weighted by Crippen LogP contribution is 2.35. The van der Waals surface area contributed by atoms with Crippen molar-refractivity contribution >= 4 is 11.9 Å². The second kappa shape index (κ2) is 8.05. The minimum absolute atomic E-state index is 0.0483. The van der Waals surface area contributed by atoms with Crippen LogP contribution in [0.5, 0.6) is 5.75 Å². The zero-order chi connectivity index (χ0) is 18.6. The SMILES string of the molecule is COc1cccc(C[C@@]2(C3CCNCC3)NC(=O)N(CCCO)C2=O)c1. The van der Waals surface area contributed by atoms with Crippen LogP contribution in [0.3, 0.4) is 0 Å². The fourth-order valence-corrected chi connectivity index (χ4v) is 4.04. The summed E-state index contributed by atoms with van der Waals surface area (Å²) < 4.78 is 5.30. The molecular formula is C19H27N3O4. The van der Waals surface area contributed by atoms with Crippen LogP contribution >= 0.6 is 0 Å². The first-order valence-electron chi connectivity index (χ1n) is 9.19. The molecule has 2 saturated heterocycles. The van der Waals surface area contributed by atoms with Gasteiger partial charge in [0, 0.05) is 19.6 Å². The van der Waals surface area contributed by atoms with Crippen LogP contribution in [0.2, 0.25) is 0 Å². The number of piperidine rings is 1. The van der Waals surface area contributed by atoms with Gasteiger partial charge < -0.3 is 20.5 Å². The number of aliphatic hydroxyl groups excluding tert-OH is 1. The van der Waals surface area contributed by atoms with Crippen molar-refractivity contribution in [2.75, 3.05) is 33.4 Å². The van der Waals surface area contributed by atoms with Crippen LogP contribution < -0.4 is 15.4 Å². The third-order valence-electron chi connectivity index (χ3n) is 5.39. The summed E-state index contributed by atoms with van der Waals surface area (Å²) in [5.41, 5.74) is 0.0293. The number of amides is 3. The highest BCUT2D eigenvalue weighted by molar-refractivity contribution is 6.07. The lowest BCUT2D eigenvalue weighted by atomic mass is 9.74. The number of hydrogen-bond acceptors (Lipinski definition) is 5. The summed E-state index contributed by atoms with van der Waals surface area (Å²) in [6, 6.07) is 7.28. The molecule has 142 valence electrons. The monoisotopic (exact) mass is 361 g/mol. The van der Waals surface area contributed by atoms with Gasteiger partial charge in [-0.1, -0.05) is 12.1 Å². The van der Waals surface area contributed by atoms with Gasteiger partial charge in [-0.15, -0.1) is 0 Å². The van der Waals surface area contributed by atoms with E-state index in [4.69, 9.17) is 9.84 Å². The Labute approximate surface area is 153 Å². The Kier molecular flexibility index (Phi) is 5.78. The lowest BCUT2D eigenvalue weighted by Gasteiger charge is -2.38. The van der Waals surface area contributed by atoms with E-state index in [0.29, 0.717) is 12.8 Å². The lowest BCUT2D eigenvalue weighted by molar-refractivity contribution is -0.133. The van der Waals surface area contributed by atoms with Crippen LogP contribution in [-0.2, 0) is 11.2 Å². The standard InChI is InChI=1S/C19H27N3O4/c1-26-16-5-2-4-14(12-16)13-19(15-6-8-20-9-7-15)17(24)22(10-3-11-23)18(25)21-19/h2,4-5,12,15,20,23H,3,6-11,13H2,1H3,(H,21,25)/t19-/m0/s1. The van der Waals surface area contributed by atoms with Gasteiger partial charge in [-0.2, -0.15) is 0 Å². The van der Waals surface area contributed by atoms with Crippen molar-refractivity contribution in [3.63, 3.8) is 0 Å². The molecule has 2 fully saturated rings. The van der Waals surface area contributed by atoms with Crippen LogP contribution in [0.4, 0.5) is 4.79 Å². The Morgan fingerprint density at radius 2 is 2.08 bits per heavy atom. The molecule has 1 atom stereocenters. The van der Waals surface area contributed by atoms with Gasteiger partial charge in [-0.3, -0.25) is 9.69 Å². The molecule has 1 aromatic carbocycles. The van der Waals surface area contributed by atoms with E-state index in [1.54, 1.807) is 7.11 Å². The number of nitrogens with zero attached hydrogens (tertiary/aromatic N) is 1. The molecular weight excluding hydrogens is 334 g/mol. The van der Waals surface area contributed by atoms with E-state index in [-0.39, 0.29) is 31.0 Å². The van der Waals surface area contributed by atoms with Crippen molar-refractivity contribution in [1.82, 2.24) is 15.5 Å². The molecule has 0 bridgehead atoms. The third kappa shape index (κ3) is 3.54. The fraction of sp³-hybridized carbons (Fsp3) is 0.579. The number of hydrogen-bond donors (Lipinski definition) is 3. The van der Waals surface area contributed by atoms with Gasteiger partial charge in [-0.25, -0.2) is 4.79 Å². The van der Waals surface area contributed by atoms with E-state index in [0.717, 1.165) is 37.2 Å². The summed E-state index contributed by atoms with van der Waals surface area (Å²) in [5, 5.41) is 15.4. The molecule has 1 aromatic rings. The second-order valence-electron chi connectivity index (χ2n) is 6.99. The summed E-state index contributed by atoms with van der Waals surface area (Å²) in [4.78, 5) is 27.1. The molecule has 3 N–H and O–H groups in total. The van der Waals surface area contributed by atoms with Crippen molar-refractivity contribution in [3.05, 3.63) is 29.8 Å². The maximum absolute atomic E-state index is 13.3. The van der Waals surface area contributed by atoms with Gasteiger partial charge in [-0.05, 0) is 56.0 Å². The number of aliphatic hydroxyl groups is 1. The van der Waals surface area contributed by atoms with E-state index in [1.807, 2.05) is 24.3 Å². The van der Waals surface area contributed by atoms with Crippen LogP contribution in [0, 0.1) is 5.92 Å². The summed E-state index contributed by atoms with van der Waals surface area (Å²) in [6.45, 7) is 1.87. The molecule has 3 rings (SSSR count). The Bertz CT molecular complexity index is 660. The predicted molar refractivity (Wildman–Crippen MR) is 97.0 cm³/mol. The van der Waals surface area contributed by atoms with Gasteiger partial charge in [0.2, 0.25) is 0 Å². The number of urea groups is 1. The molecule has 0 aromatic heterocycles. The van der Waals surface area contributed by atoms with Gasteiger partial charge in [0.15, 0.2) is 0 Å². The van der Waals surface area contributed by atoms with Gasteiger partial charge in [0.1, 0.15) is 11.3 Å². The van der Waals surface area contributed by atoms with Crippen LogP contribution in [0.25, 0.3) is 0 Å².